The number of rotatable bonds is 4. The van der Waals surface area contributed by atoms with Crippen molar-refractivity contribution in [2.24, 2.45) is 0 Å². The van der Waals surface area contributed by atoms with Gasteiger partial charge in [0.05, 0.1) is 6.04 Å². The SMILES string of the molecule is CCC(NC(=S)Nc1cccc(C)n1)c1ccc(C)cc1. The zero-order valence-electron chi connectivity index (χ0n) is 12.7. The summed E-state index contributed by atoms with van der Waals surface area (Å²) < 4.78 is 0. The molecule has 21 heavy (non-hydrogen) atoms. The van der Waals surface area contributed by atoms with Crippen LogP contribution < -0.4 is 10.6 Å². The van der Waals surface area contributed by atoms with Gasteiger partial charge in [-0.3, -0.25) is 0 Å². The van der Waals surface area contributed by atoms with E-state index in [2.05, 4.69) is 53.7 Å². The van der Waals surface area contributed by atoms with Gasteiger partial charge in [-0.1, -0.05) is 42.8 Å². The Bertz CT molecular complexity index is 608. The fourth-order valence-corrected chi connectivity index (χ4v) is 2.39. The summed E-state index contributed by atoms with van der Waals surface area (Å²) in [5.74, 6) is 0.770. The second-order valence-corrected chi connectivity index (χ2v) is 5.54. The standard InChI is InChI=1S/C17H21N3S/c1-4-15(14-10-8-12(2)9-11-14)19-17(21)20-16-7-5-6-13(3)18-16/h5-11,15H,4H2,1-3H3,(H2,18,19,20,21). The summed E-state index contributed by atoms with van der Waals surface area (Å²) in [6.45, 7) is 6.20. The number of thiocarbonyl (C=S) groups is 1. The van der Waals surface area contributed by atoms with Crippen molar-refractivity contribution < 1.29 is 0 Å². The second-order valence-electron chi connectivity index (χ2n) is 5.13. The largest absolute Gasteiger partial charge is 0.356 e. The third-order valence-corrected chi connectivity index (χ3v) is 3.54. The maximum atomic E-state index is 5.39. The molecule has 1 atom stereocenters. The first-order valence-electron chi connectivity index (χ1n) is 7.16. The number of pyridine rings is 1. The van der Waals surface area contributed by atoms with Crippen LogP contribution in [0.25, 0.3) is 0 Å². The number of anilines is 1. The van der Waals surface area contributed by atoms with Crippen LogP contribution in [0.3, 0.4) is 0 Å². The van der Waals surface area contributed by atoms with Crippen LogP contribution in [0.4, 0.5) is 5.82 Å². The lowest BCUT2D eigenvalue weighted by molar-refractivity contribution is 0.629. The average molecular weight is 299 g/mol. The predicted octanol–water partition coefficient (Wildman–Crippen LogP) is 4.14. The van der Waals surface area contributed by atoms with E-state index in [1.165, 1.54) is 11.1 Å². The Morgan fingerprint density at radius 1 is 1.14 bits per heavy atom. The summed E-state index contributed by atoms with van der Waals surface area (Å²) in [7, 11) is 0. The lowest BCUT2D eigenvalue weighted by atomic mass is 10.0. The van der Waals surface area contributed by atoms with Crippen LogP contribution >= 0.6 is 12.2 Å². The summed E-state index contributed by atoms with van der Waals surface area (Å²) in [4.78, 5) is 4.39. The average Bonchev–Trinajstić information content (AvgIpc) is 2.46. The third kappa shape index (κ3) is 4.53. The molecule has 1 unspecified atom stereocenters. The van der Waals surface area contributed by atoms with Gasteiger partial charge in [0, 0.05) is 5.69 Å². The van der Waals surface area contributed by atoms with Crippen molar-refractivity contribution >= 4 is 23.1 Å². The molecule has 0 radical (unpaired) electrons. The van der Waals surface area contributed by atoms with Gasteiger partial charge in [-0.2, -0.15) is 0 Å². The predicted molar refractivity (Wildman–Crippen MR) is 92.5 cm³/mol. The molecule has 0 bridgehead atoms. The molecule has 0 fully saturated rings. The van der Waals surface area contributed by atoms with Crippen molar-refractivity contribution in [2.45, 2.75) is 33.2 Å². The quantitative estimate of drug-likeness (QED) is 0.832. The Hall–Kier alpha value is -1.94. The lowest BCUT2D eigenvalue weighted by Crippen LogP contribution is -2.32. The van der Waals surface area contributed by atoms with Gasteiger partial charge in [0.2, 0.25) is 0 Å². The molecule has 2 N–H and O–H groups in total. The summed E-state index contributed by atoms with van der Waals surface area (Å²) in [5.41, 5.74) is 3.47. The summed E-state index contributed by atoms with van der Waals surface area (Å²) in [6.07, 6.45) is 0.964. The molecule has 0 saturated carbocycles. The van der Waals surface area contributed by atoms with E-state index >= 15 is 0 Å². The van der Waals surface area contributed by atoms with E-state index in [9.17, 15) is 0 Å². The van der Waals surface area contributed by atoms with Gasteiger partial charge in [-0.05, 0) is 50.2 Å². The van der Waals surface area contributed by atoms with Crippen LogP contribution in [0.1, 0.15) is 36.2 Å². The van der Waals surface area contributed by atoms with Gasteiger partial charge in [0.1, 0.15) is 5.82 Å². The van der Waals surface area contributed by atoms with E-state index in [1.807, 2.05) is 25.1 Å². The molecular weight excluding hydrogens is 278 g/mol. The van der Waals surface area contributed by atoms with Gasteiger partial charge < -0.3 is 10.6 Å². The molecule has 1 heterocycles. The Morgan fingerprint density at radius 2 is 1.86 bits per heavy atom. The first-order valence-corrected chi connectivity index (χ1v) is 7.57. The maximum Gasteiger partial charge on any atom is 0.172 e. The van der Waals surface area contributed by atoms with Gasteiger partial charge in [0.15, 0.2) is 5.11 Å². The highest BCUT2D eigenvalue weighted by atomic mass is 32.1. The van der Waals surface area contributed by atoms with E-state index in [4.69, 9.17) is 12.2 Å². The van der Waals surface area contributed by atoms with E-state index < -0.39 is 0 Å². The fraction of sp³-hybridized carbons (Fsp3) is 0.294. The smallest absolute Gasteiger partial charge is 0.172 e. The van der Waals surface area contributed by atoms with Crippen molar-refractivity contribution in [3.63, 3.8) is 0 Å². The summed E-state index contributed by atoms with van der Waals surface area (Å²) in [6, 6.07) is 14.6. The zero-order chi connectivity index (χ0) is 15.2. The van der Waals surface area contributed by atoms with Gasteiger partial charge in [-0.25, -0.2) is 4.98 Å². The molecular formula is C17H21N3S. The molecule has 0 spiro atoms. The van der Waals surface area contributed by atoms with E-state index in [1.54, 1.807) is 0 Å². The highest BCUT2D eigenvalue weighted by molar-refractivity contribution is 7.80. The molecule has 0 aliphatic carbocycles. The van der Waals surface area contributed by atoms with E-state index in [0.717, 1.165) is 17.9 Å². The van der Waals surface area contributed by atoms with Gasteiger partial charge >= 0.3 is 0 Å². The summed E-state index contributed by atoms with van der Waals surface area (Å²) >= 11 is 5.39. The normalized spacial score (nSPS) is 11.8. The van der Waals surface area contributed by atoms with Crippen LogP contribution in [0.5, 0.6) is 0 Å². The Morgan fingerprint density at radius 3 is 2.48 bits per heavy atom. The number of nitrogens with zero attached hydrogens (tertiary/aromatic N) is 1. The second kappa shape index (κ2) is 7.18. The molecule has 0 saturated heterocycles. The number of hydrogen-bond donors (Lipinski definition) is 2. The zero-order valence-corrected chi connectivity index (χ0v) is 13.5. The first kappa shape index (κ1) is 15.4. The van der Waals surface area contributed by atoms with Crippen LogP contribution in [0, 0.1) is 13.8 Å². The monoisotopic (exact) mass is 299 g/mol. The fourth-order valence-electron chi connectivity index (χ4n) is 2.14. The van der Waals surface area contributed by atoms with Crippen molar-refractivity contribution in [1.82, 2.24) is 10.3 Å². The molecule has 2 rings (SSSR count). The molecule has 2 aromatic rings. The van der Waals surface area contributed by atoms with Crippen LogP contribution in [0.2, 0.25) is 0 Å². The van der Waals surface area contributed by atoms with Gasteiger partial charge in [0.25, 0.3) is 0 Å². The van der Waals surface area contributed by atoms with Crippen LogP contribution in [-0.2, 0) is 0 Å². The van der Waals surface area contributed by atoms with Crippen LogP contribution in [-0.4, -0.2) is 10.1 Å². The Labute approximate surface area is 131 Å². The van der Waals surface area contributed by atoms with Gasteiger partial charge in [-0.15, -0.1) is 0 Å². The molecule has 1 aromatic heterocycles. The third-order valence-electron chi connectivity index (χ3n) is 3.32. The van der Waals surface area contributed by atoms with Crippen LogP contribution in [0.15, 0.2) is 42.5 Å². The highest BCUT2D eigenvalue weighted by Gasteiger charge is 2.10. The van der Waals surface area contributed by atoms with Crippen molar-refractivity contribution in [1.29, 1.82) is 0 Å². The minimum absolute atomic E-state index is 0.204. The Balaban J connectivity index is 2.01. The van der Waals surface area contributed by atoms with E-state index in [0.29, 0.717) is 5.11 Å². The van der Waals surface area contributed by atoms with Crippen molar-refractivity contribution in [2.75, 3.05) is 5.32 Å². The Kier molecular flexibility index (Phi) is 5.28. The summed E-state index contributed by atoms with van der Waals surface area (Å²) in [5, 5.41) is 7.09. The number of hydrogen-bond acceptors (Lipinski definition) is 2. The molecule has 0 amide bonds. The minimum atomic E-state index is 0.204. The maximum absolute atomic E-state index is 5.39. The van der Waals surface area contributed by atoms with Crippen molar-refractivity contribution in [3.05, 3.63) is 59.3 Å². The van der Waals surface area contributed by atoms with E-state index in [-0.39, 0.29) is 6.04 Å². The molecule has 0 aliphatic rings. The number of aryl methyl sites for hydroxylation is 2. The molecule has 3 nitrogen and oxygen atoms in total. The topological polar surface area (TPSA) is 37.0 Å². The molecule has 110 valence electrons. The number of benzene rings is 1. The molecule has 0 aliphatic heterocycles. The lowest BCUT2D eigenvalue weighted by Gasteiger charge is -2.20. The van der Waals surface area contributed by atoms with Crippen molar-refractivity contribution in [3.8, 4) is 0 Å². The molecule has 4 heteroatoms. The molecule has 1 aromatic carbocycles. The first-order chi connectivity index (χ1) is 10.1. The number of nitrogens with one attached hydrogen (secondary N) is 2. The number of aromatic nitrogens is 1. The minimum Gasteiger partial charge on any atom is -0.356 e. The highest BCUT2D eigenvalue weighted by Crippen LogP contribution is 2.17.